The Labute approximate surface area is 131 Å². The predicted molar refractivity (Wildman–Crippen MR) is 84.1 cm³/mol. The van der Waals surface area contributed by atoms with Gasteiger partial charge in [0.05, 0.1) is 22.9 Å². The van der Waals surface area contributed by atoms with E-state index in [9.17, 15) is 9.59 Å². The number of carbonyl (C=O) groups is 2. The van der Waals surface area contributed by atoms with Crippen molar-refractivity contribution in [3.63, 3.8) is 0 Å². The molecule has 0 aliphatic rings. The van der Waals surface area contributed by atoms with Gasteiger partial charge in [-0.05, 0) is 36.4 Å². The van der Waals surface area contributed by atoms with Crippen LogP contribution in [-0.4, -0.2) is 22.7 Å². The molecule has 110 valence electrons. The summed E-state index contributed by atoms with van der Waals surface area (Å²) < 4.78 is 0. The fraction of sp³-hybridized carbons (Fsp3) is 0.0625. The molecule has 5 nitrogen and oxygen atoms in total. The SMILES string of the molecule is N#CCSc1ccc(NC(=O)c2ccccc2C(=O)O)cc1. The van der Waals surface area contributed by atoms with Crippen LogP contribution in [0.2, 0.25) is 0 Å². The Balaban J connectivity index is 2.12. The molecule has 0 heterocycles. The van der Waals surface area contributed by atoms with E-state index in [1.165, 1.54) is 23.9 Å². The van der Waals surface area contributed by atoms with Crippen molar-refractivity contribution in [1.29, 1.82) is 5.26 Å². The molecule has 2 aromatic carbocycles. The zero-order valence-electron chi connectivity index (χ0n) is 11.4. The number of thioether (sulfide) groups is 1. The minimum absolute atomic E-state index is 0.0406. The first kappa shape index (κ1) is 15.6. The molecule has 0 unspecified atom stereocenters. The number of nitrogens with zero attached hydrogens (tertiary/aromatic N) is 1. The maximum absolute atomic E-state index is 12.2. The normalized spacial score (nSPS) is 9.77. The molecule has 0 radical (unpaired) electrons. The molecule has 0 bridgehead atoms. The van der Waals surface area contributed by atoms with Crippen molar-refractivity contribution in [3.05, 3.63) is 59.7 Å². The molecule has 2 rings (SSSR count). The van der Waals surface area contributed by atoms with Crippen LogP contribution in [0, 0.1) is 11.3 Å². The van der Waals surface area contributed by atoms with Crippen molar-refractivity contribution < 1.29 is 14.7 Å². The van der Waals surface area contributed by atoms with Crippen molar-refractivity contribution in [2.75, 3.05) is 11.1 Å². The van der Waals surface area contributed by atoms with Crippen molar-refractivity contribution in [2.24, 2.45) is 0 Å². The van der Waals surface area contributed by atoms with Gasteiger partial charge in [0.15, 0.2) is 0 Å². The lowest BCUT2D eigenvalue weighted by Crippen LogP contribution is -2.16. The van der Waals surface area contributed by atoms with Crippen LogP contribution in [0.25, 0.3) is 0 Å². The topological polar surface area (TPSA) is 90.2 Å². The molecule has 22 heavy (non-hydrogen) atoms. The number of hydrogen-bond acceptors (Lipinski definition) is 4. The van der Waals surface area contributed by atoms with E-state index in [-0.39, 0.29) is 11.1 Å². The Morgan fingerprint density at radius 1 is 1.09 bits per heavy atom. The number of carboxylic acid groups (broad SMARTS) is 1. The molecular formula is C16H12N2O3S. The van der Waals surface area contributed by atoms with Crippen molar-refractivity contribution >= 4 is 29.3 Å². The van der Waals surface area contributed by atoms with Gasteiger partial charge in [0.2, 0.25) is 0 Å². The number of carbonyl (C=O) groups excluding carboxylic acids is 1. The van der Waals surface area contributed by atoms with E-state index < -0.39 is 11.9 Å². The summed E-state index contributed by atoms with van der Waals surface area (Å²) in [5.41, 5.74) is 0.630. The maximum atomic E-state index is 12.2. The van der Waals surface area contributed by atoms with Gasteiger partial charge in [0, 0.05) is 10.6 Å². The van der Waals surface area contributed by atoms with Gasteiger partial charge in [-0.2, -0.15) is 5.26 Å². The Bertz CT molecular complexity index is 736. The van der Waals surface area contributed by atoms with E-state index >= 15 is 0 Å². The molecule has 0 saturated heterocycles. The van der Waals surface area contributed by atoms with Gasteiger partial charge in [0.1, 0.15) is 0 Å². The van der Waals surface area contributed by atoms with E-state index in [1.807, 2.05) is 6.07 Å². The highest BCUT2D eigenvalue weighted by molar-refractivity contribution is 7.99. The van der Waals surface area contributed by atoms with Crippen LogP contribution in [0.4, 0.5) is 5.69 Å². The van der Waals surface area contributed by atoms with E-state index in [1.54, 1.807) is 36.4 Å². The van der Waals surface area contributed by atoms with E-state index in [0.29, 0.717) is 11.4 Å². The van der Waals surface area contributed by atoms with Gasteiger partial charge in [-0.1, -0.05) is 12.1 Å². The van der Waals surface area contributed by atoms with E-state index in [0.717, 1.165) is 4.90 Å². The number of nitriles is 1. The number of rotatable bonds is 5. The monoisotopic (exact) mass is 312 g/mol. The summed E-state index contributed by atoms with van der Waals surface area (Å²) in [6, 6.07) is 15.1. The predicted octanol–water partition coefficient (Wildman–Crippen LogP) is 3.25. The Morgan fingerprint density at radius 2 is 1.73 bits per heavy atom. The second-order valence-corrected chi connectivity index (χ2v) is 5.32. The molecule has 0 spiro atoms. The fourth-order valence-electron chi connectivity index (χ4n) is 1.82. The van der Waals surface area contributed by atoms with Crippen LogP contribution in [0.15, 0.2) is 53.4 Å². The first-order valence-corrected chi connectivity index (χ1v) is 7.34. The van der Waals surface area contributed by atoms with Crippen molar-refractivity contribution in [3.8, 4) is 6.07 Å². The van der Waals surface area contributed by atoms with Crippen LogP contribution in [0.5, 0.6) is 0 Å². The molecule has 0 saturated carbocycles. The third-order valence-corrected chi connectivity index (χ3v) is 3.70. The first-order chi connectivity index (χ1) is 10.6. The van der Waals surface area contributed by atoms with Gasteiger partial charge >= 0.3 is 5.97 Å². The molecule has 6 heteroatoms. The van der Waals surface area contributed by atoms with Crippen LogP contribution < -0.4 is 5.32 Å². The third-order valence-electron chi connectivity index (χ3n) is 2.82. The average Bonchev–Trinajstić information content (AvgIpc) is 2.54. The Hall–Kier alpha value is -2.78. The van der Waals surface area contributed by atoms with Crippen molar-refractivity contribution in [2.45, 2.75) is 4.90 Å². The summed E-state index contributed by atoms with van der Waals surface area (Å²) in [4.78, 5) is 24.2. The number of anilines is 1. The molecule has 0 fully saturated rings. The number of aromatic carboxylic acids is 1. The summed E-state index contributed by atoms with van der Waals surface area (Å²) >= 11 is 1.40. The highest BCUT2D eigenvalue weighted by Gasteiger charge is 2.15. The molecule has 0 aromatic heterocycles. The molecule has 0 aliphatic carbocycles. The maximum Gasteiger partial charge on any atom is 0.336 e. The quantitative estimate of drug-likeness (QED) is 0.827. The standard InChI is InChI=1S/C16H12N2O3S/c17-9-10-22-12-7-5-11(6-8-12)18-15(19)13-3-1-2-4-14(13)16(20)21/h1-8H,10H2,(H,18,19)(H,20,21). The molecular weight excluding hydrogens is 300 g/mol. The number of amides is 1. The molecule has 2 N–H and O–H groups in total. The summed E-state index contributed by atoms with van der Waals surface area (Å²) in [6.07, 6.45) is 0. The lowest BCUT2D eigenvalue weighted by molar-refractivity contribution is 0.0692. The van der Waals surface area contributed by atoms with Crippen LogP contribution in [0.3, 0.4) is 0 Å². The van der Waals surface area contributed by atoms with E-state index in [2.05, 4.69) is 5.32 Å². The Kier molecular flexibility index (Phi) is 5.17. The summed E-state index contributed by atoms with van der Waals surface area (Å²) in [5.74, 6) is -1.26. The minimum Gasteiger partial charge on any atom is -0.478 e. The molecule has 1 amide bonds. The second-order valence-electron chi connectivity index (χ2n) is 4.28. The van der Waals surface area contributed by atoms with Gasteiger partial charge < -0.3 is 10.4 Å². The lowest BCUT2D eigenvalue weighted by Gasteiger charge is -2.08. The summed E-state index contributed by atoms with van der Waals surface area (Å²) in [5, 5.41) is 20.3. The van der Waals surface area contributed by atoms with Gasteiger partial charge in [-0.3, -0.25) is 4.79 Å². The van der Waals surface area contributed by atoms with Gasteiger partial charge in [0.25, 0.3) is 5.91 Å². The first-order valence-electron chi connectivity index (χ1n) is 6.35. The van der Waals surface area contributed by atoms with Crippen LogP contribution in [-0.2, 0) is 0 Å². The highest BCUT2D eigenvalue weighted by Crippen LogP contribution is 2.20. The highest BCUT2D eigenvalue weighted by atomic mass is 32.2. The second kappa shape index (κ2) is 7.29. The summed E-state index contributed by atoms with van der Waals surface area (Å²) in [7, 11) is 0. The van der Waals surface area contributed by atoms with Crippen LogP contribution >= 0.6 is 11.8 Å². The zero-order valence-corrected chi connectivity index (χ0v) is 12.3. The number of carboxylic acids is 1. The molecule has 2 aromatic rings. The minimum atomic E-state index is -1.14. The van der Waals surface area contributed by atoms with Gasteiger partial charge in [-0.25, -0.2) is 4.79 Å². The number of hydrogen-bond donors (Lipinski definition) is 2. The van der Waals surface area contributed by atoms with Crippen LogP contribution in [0.1, 0.15) is 20.7 Å². The van der Waals surface area contributed by atoms with Gasteiger partial charge in [-0.15, -0.1) is 11.8 Å². The smallest absolute Gasteiger partial charge is 0.336 e. The van der Waals surface area contributed by atoms with E-state index in [4.69, 9.17) is 10.4 Å². The summed E-state index contributed by atoms with van der Waals surface area (Å²) in [6.45, 7) is 0. The number of nitrogens with one attached hydrogen (secondary N) is 1. The zero-order chi connectivity index (χ0) is 15.9. The fourth-order valence-corrected chi connectivity index (χ4v) is 2.38. The lowest BCUT2D eigenvalue weighted by atomic mass is 10.1. The third kappa shape index (κ3) is 3.87. The molecule has 0 atom stereocenters. The average molecular weight is 312 g/mol. The Morgan fingerprint density at radius 3 is 2.32 bits per heavy atom. The number of benzene rings is 2. The largest absolute Gasteiger partial charge is 0.478 e. The van der Waals surface area contributed by atoms with Crippen molar-refractivity contribution in [1.82, 2.24) is 0 Å². The molecule has 0 aliphatic heterocycles.